The molecule has 1 amide bonds. The van der Waals surface area contributed by atoms with Crippen LogP contribution in [-0.2, 0) is 0 Å². The summed E-state index contributed by atoms with van der Waals surface area (Å²) in [6.45, 7) is 5.63. The number of nitrogens with two attached hydrogens (primary N) is 1. The number of halogens is 1. The van der Waals surface area contributed by atoms with Crippen LogP contribution >= 0.6 is 11.6 Å². The molecule has 122 valence electrons. The lowest BCUT2D eigenvalue weighted by atomic mass is 10.1. The highest BCUT2D eigenvalue weighted by Gasteiger charge is 2.15. The van der Waals surface area contributed by atoms with Gasteiger partial charge in [0.25, 0.3) is 0 Å². The summed E-state index contributed by atoms with van der Waals surface area (Å²) in [4.78, 5) is 11.7. The van der Waals surface area contributed by atoms with E-state index in [1.54, 1.807) is 42.5 Å². The molecule has 0 bridgehead atoms. The Kier molecular flexibility index (Phi) is 5.01. The average molecular weight is 335 g/mol. The van der Waals surface area contributed by atoms with Crippen LogP contribution in [0.5, 0.6) is 17.2 Å². The second-order valence-corrected chi connectivity index (χ2v) is 6.44. The number of nitrogens with one attached hydrogen (secondary N) is 1. The Bertz CT molecular complexity index is 694. The number of anilines is 1. The van der Waals surface area contributed by atoms with Gasteiger partial charge in [-0.2, -0.15) is 0 Å². The van der Waals surface area contributed by atoms with E-state index in [1.165, 1.54) is 0 Å². The topological polar surface area (TPSA) is 73.6 Å². The van der Waals surface area contributed by atoms with Crippen molar-refractivity contribution in [3.05, 3.63) is 47.5 Å². The molecule has 0 fully saturated rings. The Morgan fingerprint density at radius 3 is 2.26 bits per heavy atom. The van der Waals surface area contributed by atoms with Gasteiger partial charge in [-0.25, -0.2) is 4.79 Å². The minimum absolute atomic E-state index is 0.355. The molecule has 6 heteroatoms. The molecule has 0 unspecified atom stereocenters. The number of ether oxygens (including phenoxy) is 2. The summed E-state index contributed by atoms with van der Waals surface area (Å²) in [6, 6.07) is 11.7. The van der Waals surface area contributed by atoms with Gasteiger partial charge in [0.15, 0.2) is 0 Å². The van der Waals surface area contributed by atoms with Crippen LogP contribution < -0.4 is 20.5 Å². The highest BCUT2D eigenvalue weighted by atomic mass is 35.5. The predicted molar refractivity (Wildman–Crippen MR) is 91.3 cm³/mol. The summed E-state index contributed by atoms with van der Waals surface area (Å²) < 4.78 is 10.8. The number of carbonyl (C=O) groups excluding carboxylic acids is 1. The van der Waals surface area contributed by atoms with Gasteiger partial charge in [-0.3, -0.25) is 0 Å². The van der Waals surface area contributed by atoms with Crippen LogP contribution in [0.2, 0.25) is 5.02 Å². The van der Waals surface area contributed by atoms with Gasteiger partial charge in [0.05, 0.1) is 5.02 Å². The normalized spacial score (nSPS) is 11.0. The molecule has 2 aromatic rings. The minimum Gasteiger partial charge on any atom is -0.456 e. The molecule has 0 saturated heterocycles. The van der Waals surface area contributed by atoms with E-state index in [0.29, 0.717) is 28.0 Å². The predicted octanol–water partition coefficient (Wildman–Crippen LogP) is 4.60. The maximum Gasteiger partial charge on any atom is 0.413 e. The van der Waals surface area contributed by atoms with Crippen LogP contribution in [0.15, 0.2) is 42.5 Å². The number of hydrogen-bond donors (Lipinski definition) is 2. The molecular weight excluding hydrogens is 316 g/mol. The second-order valence-electron chi connectivity index (χ2n) is 6.03. The first-order valence-corrected chi connectivity index (χ1v) is 7.44. The maximum absolute atomic E-state index is 11.7. The van der Waals surface area contributed by atoms with Crippen molar-refractivity contribution in [2.45, 2.75) is 26.3 Å². The summed E-state index contributed by atoms with van der Waals surface area (Å²) in [5, 5.41) is 3.14. The van der Waals surface area contributed by atoms with Crippen molar-refractivity contribution >= 4 is 23.4 Å². The van der Waals surface area contributed by atoms with Crippen molar-refractivity contribution in [1.29, 1.82) is 0 Å². The number of nitrogen functional groups attached to an aromatic ring is 1. The molecule has 0 aliphatic carbocycles. The summed E-state index contributed by atoms with van der Waals surface area (Å²) in [6.07, 6.45) is -0.507. The molecular formula is C17H19ClN2O3. The van der Waals surface area contributed by atoms with Gasteiger partial charge in [0, 0.05) is 11.2 Å². The van der Waals surface area contributed by atoms with E-state index >= 15 is 0 Å². The molecule has 5 nitrogen and oxygen atoms in total. The number of carbonyl (C=O) groups is 1. The highest BCUT2D eigenvalue weighted by Crippen LogP contribution is 2.31. The Balaban J connectivity index is 2.01. The lowest BCUT2D eigenvalue weighted by Gasteiger charge is -2.19. The van der Waals surface area contributed by atoms with Crippen molar-refractivity contribution in [3.63, 3.8) is 0 Å². The van der Waals surface area contributed by atoms with Gasteiger partial charge in [0.1, 0.15) is 17.2 Å². The zero-order valence-electron chi connectivity index (χ0n) is 13.2. The molecule has 2 rings (SSSR count). The van der Waals surface area contributed by atoms with Gasteiger partial charge in [0.2, 0.25) is 0 Å². The Hall–Kier alpha value is -2.40. The van der Waals surface area contributed by atoms with Gasteiger partial charge in [-0.1, -0.05) is 11.6 Å². The number of benzene rings is 2. The maximum atomic E-state index is 11.7. The van der Waals surface area contributed by atoms with Gasteiger partial charge >= 0.3 is 6.09 Å². The summed E-state index contributed by atoms with van der Waals surface area (Å²) in [7, 11) is 0. The molecule has 0 aromatic heterocycles. The van der Waals surface area contributed by atoms with Crippen molar-refractivity contribution in [3.8, 4) is 17.2 Å². The standard InChI is InChI=1S/C17H19ClN2O3/c1-17(2,3)20-16(21)23-13-7-5-12(6-8-13)22-15-9-4-11(19)10-14(15)18/h4-10H,19H2,1-3H3,(H,20,21). The molecule has 0 atom stereocenters. The first kappa shape index (κ1) is 17.0. The monoisotopic (exact) mass is 334 g/mol. The first-order chi connectivity index (χ1) is 10.7. The molecule has 23 heavy (non-hydrogen) atoms. The smallest absolute Gasteiger partial charge is 0.413 e. The van der Waals surface area contributed by atoms with E-state index in [2.05, 4.69) is 5.32 Å². The van der Waals surface area contributed by atoms with Crippen molar-refractivity contribution in [1.82, 2.24) is 5.32 Å². The SMILES string of the molecule is CC(C)(C)NC(=O)Oc1ccc(Oc2ccc(N)cc2Cl)cc1. The first-order valence-electron chi connectivity index (χ1n) is 7.06. The number of hydrogen-bond acceptors (Lipinski definition) is 4. The number of rotatable bonds is 3. The molecule has 0 radical (unpaired) electrons. The van der Waals surface area contributed by atoms with Crippen LogP contribution in [0, 0.1) is 0 Å². The lowest BCUT2D eigenvalue weighted by Crippen LogP contribution is -2.42. The molecule has 0 aliphatic rings. The highest BCUT2D eigenvalue weighted by molar-refractivity contribution is 6.32. The largest absolute Gasteiger partial charge is 0.456 e. The third-order valence-electron chi connectivity index (χ3n) is 2.70. The second kappa shape index (κ2) is 6.79. The number of amides is 1. The van der Waals surface area contributed by atoms with Crippen molar-refractivity contribution in [2.24, 2.45) is 0 Å². The average Bonchev–Trinajstić information content (AvgIpc) is 2.42. The molecule has 3 N–H and O–H groups in total. The van der Waals surface area contributed by atoms with E-state index in [-0.39, 0.29) is 5.54 Å². The van der Waals surface area contributed by atoms with E-state index in [0.717, 1.165) is 0 Å². The Morgan fingerprint density at radius 1 is 1.09 bits per heavy atom. The zero-order chi connectivity index (χ0) is 17.0. The lowest BCUT2D eigenvalue weighted by molar-refractivity contribution is 0.190. The third-order valence-corrected chi connectivity index (χ3v) is 2.99. The third kappa shape index (κ3) is 5.38. The summed E-state index contributed by atoms with van der Waals surface area (Å²) >= 11 is 6.06. The summed E-state index contributed by atoms with van der Waals surface area (Å²) in [5.74, 6) is 1.49. The van der Waals surface area contributed by atoms with Gasteiger partial charge in [-0.05, 0) is 63.2 Å². The molecule has 2 aromatic carbocycles. The molecule has 0 saturated carbocycles. The van der Waals surface area contributed by atoms with Crippen molar-refractivity contribution < 1.29 is 14.3 Å². The van der Waals surface area contributed by atoms with E-state index in [1.807, 2.05) is 20.8 Å². The molecule has 0 aliphatic heterocycles. The molecule has 0 heterocycles. The minimum atomic E-state index is -0.507. The Morgan fingerprint density at radius 2 is 1.70 bits per heavy atom. The van der Waals surface area contributed by atoms with Crippen LogP contribution in [0.1, 0.15) is 20.8 Å². The quantitative estimate of drug-likeness (QED) is 0.804. The van der Waals surface area contributed by atoms with Crippen LogP contribution in [0.4, 0.5) is 10.5 Å². The van der Waals surface area contributed by atoms with Crippen LogP contribution in [0.25, 0.3) is 0 Å². The Labute approximate surface area is 140 Å². The fourth-order valence-corrected chi connectivity index (χ4v) is 1.97. The van der Waals surface area contributed by atoms with E-state index in [9.17, 15) is 4.79 Å². The van der Waals surface area contributed by atoms with Crippen molar-refractivity contribution in [2.75, 3.05) is 5.73 Å². The fourth-order valence-electron chi connectivity index (χ4n) is 1.74. The van der Waals surface area contributed by atoms with Crippen LogP contribution in [-0.4, -0.2) is 11.6 Å². The van der Waals surface area contributed by atoms with Gasteiger partial charge < -0.3 is 20.5 Å². The van der Waals surface area contributed by atoms with E-state index < -0.39 is 6.09 Å². The fraction of sp³-hybridized carbons (Fsp3) is 0.235. The molecule has 0 spiro atoms. The van der Waals surface area contributed by atoms with E-state index in [4.69, 9.17) is 26.8 Å². The van der Waals surface area contributed by atoms with Crippen LogP contribution in [0.3, 0.4) is 0 Å². The summed E-state index contributed by atoms with van der Waals surface area (Å²) in [5.41, 5.74) is 5.85. The van der Waals surface area contributed by atoms with Gasteiger partial charge in [-0.15, -0.1) is 0 Å². The zero-order valence-corrected chi connectivity index (χ0v) is 14.0.